The number of aryl methyl sites for hydroxylation is 2. The molecular formula is C16H20N4O2. The van der Waals surface area contributed by atoms with E-state index < -0.39 is 0 Å². The smallest absolute Gasteiger partial charge is 0.318 e. The third kappa shape index (κ3) is 3.10. The SMILES string of the molecule is Cc1nnc(N2CCN(C(=O)Cc3ccccc3C)CC2)o1. The van der Waals surface area contributed by atoms with E-state index in [-0.39, 0.29) is 5.91 Å². The maximum atomic E-state index is 12.4. The summed E-state index contributed by atoms with van der Waals surface area (Å²) in [6.45, 7) is 6.64. The Morgan fingerprint density at radius 1 is 1.14 bits per heavy atom. The van der Waals surface area contributed by atoms with E-state index in [0.717, 1.165) is 24.2 Å². The third-order valence-corrected chi connectivity index (χ3v) is 4.02. The van der Waals surface area contributed by atoms with Gasteiger partial charge in [0, 0.05) is 33.1 Å². The van der Waals surface area contributed by atoms with E-state index in [9.17, 15) is 4.79 Å². The van der Waals surface area contributed by atoms with Crippen molar-refractivity contribution < 1.29 is 9.21 Å². The molecule has 0 bridgehead atoms. The van der Waals surface area contributed by atoms with Crippen molar-refractivity contribution in [1.29, 1.82) is 0 Å². The van der Waals surface area contributed by atoms with Crippen molar-refractivity contribution in [3.05, 3.63) is 41.3 Å². The monoisotopic (exact) mass is 300 g/mol. The zero-order valence-corrected chi connectivity index (χ0v) is 13.0. The van der Waals surface area contributed by atoms with Gasteiger partial charge in [0.2, 0.25) is 11.8 Å². The highest BCUT2D eigenvalue weighted by Gasteiger charge is 2.24. The number of nitrogens with zero attached hydrogens (tertiary/aromatic N) is 4. The van der Waals surface area contributed by atoms with Crippen molar-refractivity contribution in [1.82, 2.24) is 15.1 Å². The fourth-order valence-corrected chi connectivity index (χ4v) is 2.64. The van der Waals surface area contributed by atoms with Crippen LogP contribution in [-0.4, -0.2) is 47.2 Å². The summed E-state index contributed by atoms with van der Waals surface area (Å²) in [5, 5.41) is 7.87. The van der Waals surface area contributed by atoms with Crippen LogP contribution in [-0.2, 0) is 11.2 Å². The van der Waals surface area contributed by atoms with Gasteiger partial charge in [0.25, 0.3) is 0 Å². The highest BCUT2D eigenvalue weighted by Crippen LogP contribution is 2.15. The highest BCUT2D eigenvalue weighted by atomic mass is 16.4. The number of hydrogen-bond donors (Lipinski definition) is 0. The maximum Gasteiger partial charge on any atom is 0.318 e. The second-order valence-electron chi connectivity index (χ2n) is 5.57. The predicted molar refractivity (Wildman–Crippen MR) is 82.7 cm³/mol. The summed E-state index contributed by atoms with van der Waals surface area (Å²) < 4.78 is 5.43. The number of piperazine rings is 1. The van der Waals surface area contributed by atoms with E-state index in [1.165, 1.54) is 0 Å². The first kappa shape index (κ1) is 14.6. The first-order valence-corrected chi connectivity index (χ1v) is 7.51. The molecule has 1 saturated heterocycles. The summed E-state index contributed by atoms with van der Waals surface area (Å²) in [5.74, 6) is 0.740. The first-order valence-electron chi connectivity index (χ1n) is 7.51. The number of carbonyl (C=O) groups is 1. The van der Waals surface area contributed by atoms with Gasteiger partial charge < -0.3 is 14.2 Å². The molecule has 3 rings (SSSR count). The molecule has 0 unspecified atom stereocenters. The summed E-state index contributed by atoms with van der Waals surface area (Å²) in [6, 6.07) is 8.58. The fourth-order valence-electron chi connectivity index (χ4n) is 2.64. The van der Waals surface area contributed by atoms with Crippen LogP contribution in [0.2, 0.25) is 0 Å². The molecule has 0 N–H and O–H groups in total. The molecule has 6 nitrogen and oxygen atoms in total. The molecule has 1 aromatic heterocycles. The second-order valence-corrected chi connectivity index (χ2v) is 5.57. The number of anilines is 1. The number of benzene rings is 1. The normalized spacial score (nSPS) is 15.2. The van der Waals surface area contributed by atoms with E-state index in [1.807, 2.05) is 41.0 Å². The Morgan fingerprint density at radius 2 is 1.86 bits per heavy atom. The summed E-state index contributed by atoms with van der Waals surface area (Å²) in [5.41, 5.74) is 2.26. The van der Waals surface area contributed by atoms with E-state index in [0.29, 0.717) is 31.4 Å². The molecule has 116 valence electrons. The topological polar surface area (TPSA) is 62.5 Å². The van der Waals surface area contributed by atoms with Gasteiger partial charge in [-0.15, -0.1) is 5.10 Å². The zero-order valence-electron chi connectivity index (χ0n) is 13.0. The Labute approximate surface area is 129 Å². The van der Waals surface area contributed by atoms with Gasteiger partial charge in [0.15, 0.2) is 0 Å². The van der Waals surface area contributed by atoms with Gasteiger partial charge in [-0.25, -0.2) is 0 Å². The molecule has 0 radical (unpaired) electrons. The average Bonchev–Trinajstić information content (AvgIpc) is 2.96. The average molecular weight is 300 g/mol. The van der Waals surface area contributed by atoms with Crippen molar-refractivity contribution in [2.45, 2.75) is 20.3 Å². The first-order chi connectivity index (χ1) is 10.6. The van der Waals surface area contributed by atoms with Crippen molar-refractivity contribution >= 4 is 11.9 Å². The summed E-state index contributed by atoms with van der Waals surface area (Å²) in [6.07, 6.45) is 0.465. The highest BCUT2D eigenvalue weighted by molar-refractivity contribution is 5.79. The molecule has 0 saturated carbocycles. The molecule has 2 aromatic rings. The largest absolute Gasteiger partial charge is 0.408 e. The van der Waals surface area contributed by atoms with Gasteiger partial charge in [-0.3, -0.25) is 4.79 Å². The molecule has 1 aliphatic heterocycles. The maximum absolute atomic E-state index is 12.4. The van der Waals surface area contributed by atoms with Crippen LogP contribution in [0.1, 0.15) is 17.0 Å². The Kier molecular flexibility index (Phi) is 4.09. The lowest BCUT2D eigenvalue weighted by Gasteiger charge is -2.33. The van der Waals surface area contributed by atoms with Gasteiger partial charge in [-0.1, -0.05) is 29.4 Å². The summed E-state index contributed by atoms with van der Waals surface area (Å²) >= 11 is 0. The number of rotatable bonds is 3. The van der Waals surface area contributed by atoms with Crippen LogP contribution in [0.5, 0.6) is 0 Å². The predicted octanol–water partition coefficient (Wildman–Crippen LogP) is 1.58. The minimum Gasteiger partial charge on any atom is -0.408 e. The molecule has 22 heavy (non-hydrogen) atoms. The summed E-state index contributed by atoms with van der Waals surface area (Å²) in [7, 11) is 0. The third-order valence-electron chi connectivity index (χ3n) is 4.02. The minimum atomic E-state index is 0.177. The van der Waals surface area contributed by atoms with Crippen molar-refractivity contribution in [2.75, 3.05) is 31.1 Å². The Hall–Kier alpha value is -2.37. The van der Waals surface area contributed by atoms with Crippen LogP contribution in [0.3, 0.4) is 0 Å². The molecule has 6 heteroatoms. The molecule has 0 atom stereocenters. The number of aromatic nitrogens is 2. The molecule has 1 aromatic carbocycles. The lowest BCUT2D eigenvalue weighted by atomic mass is 10.1. The Balaban J connectivity index is 1.57. The van der Waals surface area contributed by atoms with Crippen LogP contribution < -0.4 is 4.90 Å². The Morgan fingerprint density at radius 3 is 2.50 bits per heavy atom. The van der Waals surface area contributed by atoms with E-state index in [2.05, 4.69) is 10.2 Å². The van der Waals surface area contributed by atoms with E-state index in [1.54, 1.807) is 6.92 Å². The molecule has 1 fully saturated rings. The number of amides is 1. The van der Waals surface area contributed by atoms with Crippen LogP contribution >= 0.6 is 0 Å². The summed E-state index contributed by atoms with van der Waals surface area (Å²) in [4.78, 5) is 16.4. The van der Waals surface area contributed by atoms with Gasteiger partial charge in [-0.05, 0) is 18.1 Å². The van der Waals surface area contributed by atoms with E-state index >= 15 is 0 Å². The van der Waals surface area contributed by atoms with Crippen molar-refractivity contribution in [3.8, 4) is 0 Å². The number of hydrogen-bond acceptors (Lipinski definition) is 5. The molecule has 0 aliphatic carbocycles. The molecule has 1 aliphatic rings. The van der Waals surface area contributed by atoms with Gasteiger partial charge in [-0.2, -0.15) is 0 Å². The van der Waals surface area contributed by atoms with Crippen molar-refractivity contribution in [3.63, 3.8) is 0 Å². The number of carbonyl (C=O) groups excluding carboxylic acids is 1. The van der Waals surface area contributed by atoms with E-state index in [4.69, 9.17) is 4.42 Å². The molecular weight excluding hydrogens is 280 g/mol. The minimum absolute atomic E-state index is 0.177. The van der Waals surface area contributed by atoms with Crippen LogP contribution in [0, 0.1) is 13.8 Å². The lowest BCUT2D eigenvalue weighted by molar-refractivity contribution is -0.130. The zero-order chi connectivity index (χ0) is 15.5. The van der Waals surface area contributed by atoms with Gasteiger partial charge >= 0.3 is 6.01 Å². The van der Waals surface area contributed by atoms with Crippen LogP contribution in [0.15, 0.2) is 28.7 Å². The lowest BCUT2D eigenvalue weighted by Crippen LogP contribution is -2.49. The Bertz CT molecular complexity index is 660. The standard InChI is InChI=1S/C16H20N4O2/c1-12-5-3-4-6-14(12)11-15(21)19-7-9-20(10-8-19)16-18-17-13(2)22-16/h3-6H,7-11H2,1-2H3. The van der Waals surface area contributed by atoms with Crippen molar-refractivity contribution in [2.24, 2.45) is 0 Å². The molecule has 0 spiro atoms. The quantitative estimate of drug-likeness (QED) is 0.861. The molecule has 2 heterocycles. The van der Waals surface area contributed by atoms with Crippen LogP contribution in [0.4, 0.5) is 6.01 Å². The fraction of sp³-hybridized carbons (Fsp3) is 0.438. The van der Waals surface area contributed by atoms with Gasteiger partial charge in [0.05, 0.1) is 6.42 Å². The van der Waals surface area contributed by atoms with Crippen LogP contribution in [0.25, 0.3) is 0 Å². The van der Waals surface area contributed by atoms with Gasteiger partial charge in [0.1, 0.15) is 0 Å². The second kappa shape index (κ2) is 6.17. The molecule has 1 amide bonds.